The third-order valence-electron chi connectivity index (χ3n) is 3.05. The first-order valence-electron chi connectivity index (χ1n) is 5.54. The van der Waals surface area contributed by atoms with Gasteiger partial charge < -0.3 is 0 Å². The van der Waals surface area contributed by atoms with Crippen LogP contribution in [0.5, 0.6) is 0 Å². The molecule has 1 aliphatic heterocycles. The van der Waals surface area contributed by atoms with Gasteiger partial charge in [0.1, 0.15) is 0 Å². The molecule has 1 aromatic rings. The summed E-state index contributed by atoms with van der Waals surface area (Å²) in [5, 5.41) is 2.95. The van der Waals surface area contributed by atoms with Crippen LogP contribution in [0.4, 0.5) is 0 Å². The van der Waals surface area contributed by atoms with Crippen molar-refractivity contribution in [3.05, 3.63) is 35.1 Å². The van der Waals surface area contributed by atoms with Gasteiger partial charge in [0.05, 0.1) is 0 Å². The van der Waals surface area contributed by atoms with Crippen molar-refractivity contribution in [3.63, 3.8) is 0 Å². The molecule has 15 heavy (non-hydrogen) atoms. The quantitative estimate of drug-likeness (QED) is 0.716. The summed E-state index contributed by atoms with van der Waals surface area (Å²) in [6.07, 6.45) is 6.06. The molecule has 0 nitrogen and oxygen atoms in total. The lowest BCUT2D eigenvalue weighted by molar-refractivity contribution is 0.810. The number of hydrogen-bond acceptors (Lipinski definition) is 1. The van der Waals surface area contributed by atoms with Crippen LogP contribution in [0.15, 0.2) is 29.6 Å². The highest BCUT2D eigenvalue weighted by molar-refractivity contribution is 8.20. The van der Waals surface area contributed by atoms with E-state index in [0.29, 0.717) is 0 Å². The minimum Gasteiger partial charge on any atom is -0.0882 e. The van der Waals surface area contributed by atoms with Crippen LogP contribution < -0.4 is 5.30 Å². The Hall–Kier alpha value is -0.390. The molecule has 0 bridgehead atoms. The first-order chi connectivity index (χ1) is 7.16. The molecule has 0 saturated heterocycles. The van der Waals surface area contributed by atoms with Gasteiger partial charge in [0.25, 0.3) is 0 Å². The zero-order valence-corrected chi connectivity index (χ0v) is 11.1. The fraction of sp³-hybridized carbons (Fsp3) is 0.385. The lowest BCUT2D eigenvalue weighted by atomic mass is 10.2. The van der Waals surface area contributed by atoms with E-state index in [-0.39, 0.29) is 0 Å². The average molecular weight is 236 g/mol. The number of fused-ring (bicyclic) bond motifs is 1. The molecule has 0 radical (unpaired) electrons. The Balaban J connectivity index is 2.36. The van der Waals surface area contributed by atoms with Crippen LogP contribution in [-0.2, 0) is 11.8 Å². The number of allylic oxidation sites excluding steroid dienone is 1. The molecule has 1 atom stereocenters. The van der Waals surface area contributed by atoms with Gasteiger partial charge in [-0.25, -0.2) is 0 Å². The first kappa shape index (κ1) is 11.1. The Morgan fingerprint density at radius 2 is 2.00 bits per heavy atom. The van der Waals surface area contributed by atoms with Crippen LogP contribution in [-0.4, -0.2) is 6.66 Å². The summed E-state index contributed by atoms with van der Waals surface area (Å²) < 4.78 is 0. The summed E-state index contributed by atoms with van der Waals surface area (Å²) in [4.78, 5) is 0. The van der Waals surface area contributed by atoms with Crippen LogP contribution in [0.1, 0.15) is 31.7 Å². The van der Waals surface area contributed by atoms with Gasteiger partial charge in [-0.15, -0.1) is 0 Å². The minimum absolute atomic E-state index is 1.19. The Morgan fingerprint density at radius 3 is 2.67 bits per heavy atom. The van der Waals surface area contributed by atoms with E-state index < -0.39 is 6.04 Å². The van der Waals surface area contributed by atoms with Crippen molar-refractivity contribution >= 4 is 29.2 Å². The maximum Gasteiger partial charge on any atom is 0.00437 e. The van der Waals surface area contributed by atoms with Crippen molar-refractivity contribution in [1.29, 1.82) is 0 Å². The van der Waals surface area contributed by atoms with Crippen molar-refractivity contribution in [2.24, 2.45) is 0 Å². The monoisotopic (exact) mass is 236 g/mol. The van der Waals surface area contributed by atoms with Gasteiger partial charge in [0.15, 0.2) is 0 Å². The molecule has 0 aromatic heterocycles. The highest BCUT2D eigenvalue weighted by atomic mass is 32.4. The second-order valence-corrected chi connectivity index (χ2v) is 9.32. The summed E-state index contributed by atoms with van der Waals surface area (Å²) in [6.45, 7) is 4.51. The Morgan fingerprint density at radius 1 is 1.27 bits per heavy atom. The van der Waals surface area contributed by atoms with E-state index >= 15 is 0 Å². The summed E-state index contributed by atoms with van der Waals surface area (Å²) in [5.74, 6) is 0. The van der Waals surface area contributed by atoms with E-state index in [1.165, 1.54) is 35.4 Å². The predicted octanol–water partition coefficient (Wildman–Crippen LogP) is 3.97. The summed E-state index contributed by atoms with van der Waals surface area (Å²) in [7, 11) is 0. The Labute approximate surface area is 97.4 Å². The second-order valence-electron chi connectivity index (χ2n) is 4.22. The molecule has 0 amide bonds. The lowest BCUT2D eigenvalue weighted by Crippen LogP contribution is -2.02. The molecule has 2 rings (SSSR count). The van der Waals surface area contributed by atoms with Crippen molar-refractivity contribution in [1.82, 2.24) is 0 Å². The summed E-state index contributed by atoms with van der Waals surface area (Å²) in [6, 6.07) is 7.24. The Bertz CT molecular complexity index is 446. The van der Waals surface area contributed by atoms with Crippen LogP contribution >= 0.6 is 6.04 Å². The highest BCUT2D eigenvalue weighted by Crippen LogP contribution is 2.56. The van der Waals surface area contributed by atoms with Crippen LogP contribution in [0.2, 0.25) is 0 Å². The summed E-state index contributed by atoms with van der Waals surface area (Å²) >= 11 is 5.84. The standard InChI is InChI=1S/C13H17PS/c1-3-4-8-12-10-11-7-5-6-9-13(11)14(12,2)15/h5-7,9-10H,3-4,8H2,1-2H3. The largest absolute Gasteiger partial charge is 0.0882 e. The molecule has 0 fully saturated rings. The van der Waals surface area contributed by atoms with Gasteiger partial charge in [-0.2, -0.15) is 0 Å². The van der Waals surface area contributed by atoms with Crippen LogP contribution in [0.25, 0.3) is 6.08 Å². The zero-order valence-electron chi connectivity index (χ0n) is 9.36. The van der Waals surface area contributed by atoms with Crippen molar-refractivity contribution in [2.45, 2.75) is 26.2 Å². The second kappa shape index (κ2) is 4.23. The van der Waals surface area contributed by atoms with Crippen molar-refractivity contribution in [3.8, 4) is 0 Å². The third-order valence-corrected chi connectivity index (χ3v) is 7.12. The van der Waals surface area contributed by atoms with Gasteiger partial charge in [-0.05, 0) is 41.8 Å². The van der Waals surface area contributed by atoms with E-state index in [4.69, 9.17) is 11.8 Å². The zero-order chi connectivity index (χ0) is 10.9. The normalized spacial score (nSPS) is 23.7. The average Bonchev–Trinajstić information content (AvgIpc) is 2.48. The number of rotatable bonds is 3. The maximum absolute atomic E-state index is 5.84. The van der Waals surface area contributed by atoms with Gasteiger partial charge in [-0.3, -0.25) is 0 Å². The van der Waals surface area contributed by atoms with Crippen molar-refractivity contribution in [2.75, 3.05) is 6.66 Å². The Kier molecular flexibility index (Phi) is 3.13. The lowest BCUT2D eigenvalue weighted by Gasteiger charge is -2.16. The molecule has 0 N–H and O–H groups in total. The van der Waals surface area contributed by atoms with Gasteiger partial charge >= 0.3 is 0 Å². The summed E-state index contributed by atoms with van der Waals surface area (Å²) in [5.41, 5.74) is 1.37. The van der Waals surface area contributed by atoms with E-state index in [1.54, 1.807) is 0 Å². The number of benzene rings is 1. The fourth-order valence-corrected chi connectivity index (χ4v) is 5.31. The molecular formula is C13H17PS. The molecule has 1 unspecified atom stereocenters. The maximum atomic E-state index is 5.84. The van der Waals surface area contributed by atoms with Gasteiger partial charge in [0, 0.05) is 6.04 Å². The van der Waals surface area contributed by atoms with E-state index in [1.807, 2.05) is 0 Å². The van der Waals surface area contributed by atoms with Crippen LogP contribution in [0, 0.1) is 0 Å². The van der Waals surface area contributed by atoms with E-state index in [0.717, 1.165) is 0 Å². The topological polar surface area (TPSA) is 0 Å². The molecule has 1 heterocycles. The van der Waals surface area contributed by atoms with Gasteiger partial charge in [-0.1, -0.05) is 49.4 Å². The predicted molar refractivity (Wildman–Crippen MR) is 73.8 cm³/mol. The van der Waals surface area contributed by atoms with E-state index in [2.05, 4.69) is 43.9 Å². The molecule has 1 aromatic carbocycles. The minimum atomic E-state index is -1.38. The fourth-order valence-electron chi connectivity index (χ4n) is 2.10. The molecule has 0 aliphatic carbocycles. The van der Waals surface area contributed by atoms with E-state index in [9.17, 15) is 0 Å². The smallest absolute Gasteiger partial charge is 0.00437 e. The molecular weight excluding hydrogens is 219 g/mol. The number of hydrogen-bond donors (Lipinski definition) is 0. The van der Waals surface area contributed by atoms with Gasteiger partial charge in [0.2, 0.25) is 0 Å². The molecule has 80 valence electrons. The molecule has 1 aliphatic rings. The first-order valence-corrected chi connectivity index (χ1v) is 8.79. The third kappa shape index (κ3) is 1.96. The molecule has 0 spiro atoms. The SMILES string of the molecule is CCCCC1=Cc2ccccc2P1(C)=S. The molecule has 2 heteroatoms. The highest BCUT2D eigenvalue weighted by Gasteiger charge is 2.26. The van der Waals surface area contributed by atoms with Crippen molar-refractivity contribution < 1.29 is 0 Å². The number of unbranched alkanes of at least 4 members (excludes halogenated alkanes) is 1. The van der Waals surface area contributed by atoms with Crippen LogP contribution in [0.3, 0.4) is 0 Å². The molecule has 0 saturated carbocycles.